The van der Waals surface area contributed by atoms with E-state index >= 15 is 0 Å². The van der Waals surface area contributed by atoms with Crippen molar-refractivity contribution in [3.63, 3.8) is 0 Å². The minimum absolute atomic E-state index is 0.0543. The molecule has 0 radical (unpaired) electrons. The van der Waals surface area contributed by atoms with Crippen LogP contribution >= 0.6 is 11.6 Å². The molecule has 4 saturated carbocycles. The number of pyridine rings is 1. The number of hydrogen-bond acceptors (Lipinski definition) is 4. The van der Waals surface area contributed by atoms with Gasteiger partial charge in [-0.2, -0.15) is 0 Å². The summed E-state index contributed by atoms with van der Waals surface area (Å²) >= 11 is 5.99. The predicted molar refractivity (Wildman–Crippen MR) is 105 cm³/mol. The molecule has 0 aliphatic heterocycles. The first-order chi connectivity index (χ1) is 13.4. The van der Waals surface area contributed by atoms with Crippen molar-refractivity contribution >= 4 is 34.3 Å². The quantitative estimate of drug-likeness (QED) is 0.782. The number of nitrogens with one attached hydrogen (secondary N) is 2. The Bertz CT molecular complexity index is 953. The third-order valence-electron chi connectivity index (χ3n) is 6.20. The number of nitrogens with zero attached hydrogens (tertiary/aromatic N) is 1. The molecule has 0 unspecified atom stereocenters. The van der Waals surface area contributed by atoms with Crippen LogP contribution in [0.5, 0.6) is 0 Å². The number of hydrogen-bond donors (Lipinski definition) is 2. The maximum absolute atomic E-state index is 12.6. The lowest BCUT2D eigenvalue weighted by Gasteiger charge is -2.70. The van der Waals surface area contributed by atoms with Gasteiger partial charge < -0.3 is 15.4 Å². The molecule has 6 rings (SSSR count). The fraction of sp³-hybridized carbons (Fsp3) is 0.476. The summed E-state index contributed by atoms with van der Waals surface area (Å²) in [5.74, 6) is -0.230. The first-order valence-electron chi connectivity index (χ1n) is 9.76. The molecule has 1 heterocycles. The van der Waals surface area contributed by atoms with Crippen LogP contribution in [0, 0.1) is 0 Å². The van der Waals surface area contributed by atoms with Crippen LogP contribution < -0.4 is 10.6 Å². The van der Waals surface area contributed by atoms with Crippen LogP contribution in [0.1, 0.15) is 49.0 Å². The van der Waals surface area contributed by atoms with Crippen LogP contribution in [0.25, 0.3) is 10.9 Å². The summed E-state index contributed by atoms with van der Waals surface area (Å²) in [5, 5.41) is 7.74. The molecule has 4 fully saturated rings. The van der Waals surface area contributed by atoms with Gasteiger partial charge in [-0.05, 0) is 62.8 Å². The summed E-state index contributed by atoms with van der Waals surface area (Å²) in [6.07, 6.45) is 5.87. The van der Waals surface area contributed by atoms with Crippen molar-refractivity contribution < 1.29 is 14.3 Å². The van der Waals surface area contributed by atoms with Crippen molar-refractivity contribution in [2.45, 2.75) is 55.7 Å². The Morgan fingerprint density at radius 2 is 1.86 bits per heavy atom. The SMILES string of the molecule is O=C(COC1CCC1)NC12CC(NC(=O)c3ccc4cc(Cl)ccc4n3)(C1)C2. The van der Waals surface area contributed by atoms with Gasteiger partial charge in [-0.25, -0.2) is 4.98 Å². The number of benzene rings is 1. The molecular weight excluding hydrogens is 378 g/mol. The van der Waals surface area contributed by atoms with Gasteiger partial charge in [0.2, 0.25) is 5.91 Å². The van der Waals surface area contributed by atoms with Gasteiger partial charge in [0.15, 0.2) is 0 Å². The van der Waals surface area contributed by atoms with Gasteiger partial charge in [0.1, 0.15) is 12.3 Å². The van der Waals surface area contributed by atoms with E-state index in [4.69, 9.17) is 16.3 Å². The van der Waals surface area contributed by atoms with Crippen LogP contribution in [0.4, 0.5) is 0 Å². The smallest absolute Gasteiger partial charge is 0.270 e. The second-order valence-corrected chi connectivity index (χ2v) is 8.93. The minimum atomic E-state index is -0.212. The molecular formula is C21H22ClN3O3. The zero-order valence-corrected chi connectivity index (χ0v) is 16.2. The summed E-state index contributed by atoms with van der Waals surface area (Å²) in [6.45, 7) is 0.136. The monoisotopic (exact) mass is 399 g/mol. The molecule has 4 aliphatic rings. The lowest BCUT2D eigenvalue weighted by Crippen LogP contribution is -2.84. The number of amides is 2. The van der Waals surface area contributed by atoms with E-state index in [9.17, 15) is 9.59 Å². The Kier molecular flexibility index (Phi) is 4.10. The molecule has 4 aliphatic carbocycles. The normalized spacial score (nSPS) is 28.0. The average molecular weight is 400 g/mol. The van der Waals surface area contributed by atoms with Gasteiger partial charge in [-0.3, -0.25) is 9.59 Å². The fourth-order valence-corrected chi connectivity index (χ4v) is 4.82. The zero-order valence-electron chi connectivity index (χ0n) is 15.5. The Balaban J connectivity index is 1.15. The number of carbonyl (C=O) groups excluding carboxylic acids is 2. The van der Waals surface area contributed by atoms with E-state index in [-0.39, 0.29) is 35.6 Å². The highest BCUT2D eigenvalue weighted by Crippen LogP contribution is 2.60. The Labute approximate surface area is 168 Å². The van der Waals surface area contributed by atoms with E-state index in [0.717, 1.165) is 43.0 Å². The van der Waals surface area contributed by atoms with Crippen LogP contribution in [-0.4, -0.2) is 40.6 Å². The van der Waals surface area contributed by atoms with Crippen molar-refractivity contribution in [3.8, 4) is 0 Å². The third-order valence-corrected chi connectivity index (χ3v) is 6.43. The largest absolute Gasteiger partial charge is 0.368 e. The number of ether oxygens (including phenoxy) is 1. The number of fused-ring (bicyclic) bond motifs is 1. The van der Waals surface area contributed by atoms with E-state index in [1.807, 2.05) is 18.2 Å². The van der Waals surface area contributed by atoms with Crippen molar-refractivity contribution in [1.29, 1.82) is 0 Å². The molecule has 2 N–H and O–H groups in total. The van der Waals surface area contributed by atoms with Crippen LogP contribution in [-0.2, 0) is 9.53 Å². The Hall–Kier alpha value is -2.18. The van der Waals surface area contributed by atoms with Gasteiger partial charge in [0, 0.05) is 21.5 Å². The van der Waals surface area contributed by atoms with Crippen molar-refractivity contribution in [2.75, 3.05) is 6.61 Å². The minimum Gasteiger partial charge on any atom is -0.368 e. The second-order valence-electron chi connectivity index (χ2n) is 8.49. The molecule has 2 bridgehead atoms. The fourth-order valence-electron chi connectivity index (χ4n) is 4.64. The standard InChI is InChI=1S/C21H22ClN3O3/c22-14-5-7-16-13(8-14)4-6-17(23-16)19(27)25-21-10-20(11-21,12-21)24-18(26)9-28-15-2-1-3-15/h4-8,15H,1-3,9-12H2,(H,24,26)(H,25,27). The summed E-state index contributed by atoms with van der Waals surface area (Å²) in [7, 11) is 0. The van der Waals surface area contributed by atoms with E-state index in [0.29, 0.717) is 10.7 Å². The van der Waals surface area contributed by atoms with Gasteiger partial charge >= 0.3 is 0 Å². The van der Waals surface area contributed by atoms with E-state index in [1.54, 1.807) is 12.1 Å². The molecule has 0 spiro atoms. The van der Waals surface area contributed by atoms with Crippen LogP contribution in [0.15, 0.2) is 30.3 Å². The molecule has 2 amide bonds. The number of aromatic nitrogens is 1. The number of carbonyl (C=O) groups is 2. The second kappa shape index (κ2) is 6.42. The third kappa shape index (κ3) is 3.14. The molecule has 1 aromatic carbocycles. The van der Waals surface area contributed by atoms with E-state index < -0.39 is 0 Å². The Morgan fingerprint density at radius 1 is 1.11 bits per heavy atom. The molecule has 1 aromatic heterocycles. The molecule has 0 atom stereocenters. The molecule has 6 nitrogen and oxygen atoms in total. The highest BCUT2D eigenvalue weighted by molar-refractivity contribution is 6.31. The van der Waals surface area contributed by atoms with Gasteiger partial charge in [-0.1, -0.05) is 17.7 Å². The van der Waals surface area contributed by atoms with Crippen molar-refractivity contribution in [2.24, 2.45) is 0 Å². The lowest BCUT2D eigenvalue weighted by molar-refractivity contribution is -0.146. The highest BCUT2D eigenvalue weighted by Gasteiger charge is 2.69. The Morgan fingerprint density at radius 3 is 2.57 bits per heavy atom. The van der Waals surface area contributed by atoms with Crippen LogP contribution in [0.3, 0.4) is 0 Å². The summed E-state index contributed by atoms with van der Waals surface area (Å²) in [5.41, 5.74) is 0.757. The van der Waals surface area contributed by atoms with Gasteiger partial charge in [0.05, 0.1) is 11.6 Å². The summed E-state index contributed by atoms with van der Waals surface area (Å²) < 4.78 is 5.56. The van der Waals surface area contributed by atoms with Gasteiger partial charge in [-0.15, -0.1) is 0 Å². The average Bonchev–Trinajstić information content (AvgIpc) is 2.56. The lowest BCUT2D eigenvalue weighted by atomic mass is 9.44. The maximum Gasteiger partial charge on any atom is 0.270 e. The summed E-state index contributed by atoms with van der Waals surface area (Å²) in [6, 6.07) is 8.98. The predicted octanol–water partition coefficient (Wildman–Crippen LogP) is 2.98. The van der Waals surface area contributed by atoms with E-state index in [1.165, 1.54) is 6.42 Å². The molecule has 146 valence electrons. The highest BCUT2D eigenvalue weighted by atomic mass is 35.5. The topological polar surface area (TPSA) is 80.3 Å². The van der Waals surface area contributed by atoms with Gasteiger partial charge in [0.25, 0.3) is 5.91 Å². The molecule has 0 saturated heterocycles. The van der Waals surface area contributed by atoms with E-state index in [2.05, 4.69) is 15.6 Å². The first kappa shape index (κ1) is 17.9. The van der Waals surface area contributed by atoms with Crippen molar-refractivity contribution in [3.05, 3.63) is 41.0 Å². The molecule has 7 heteroatoms. The zero-order chi connectivity index (χ0) is 19.4. The van der Waals surface area contributed by atoms with Crippen LogP contribution in [0.2, 0.25) is 5.02 Å². The molecule has 28 heavy (non-hydrogen) atoms. The maximum atomic E-state index is 12.6. The number of rotatable bonds is 6. The first-order valence-corrected chi connectivity index (χ1v) is 10.1. The number of halogens is 1. The molecule has 2 aromatic rings. The van der Waals surface area contributed by atoms with Crippen molar-refractivity contribution in [1.82, 2.24) is 15.6 Å². The summed E-state index contributed by atoms with van der Waals surface area (Å²) in [4.78, 5) is 29.1.